The van der Waals surface area contributed by atoms with E-state index in [2.05, 4.69) is 24.5 Å². The molecule has 0 radical (unpaired) electrons. The Kier molecular flexibility index (Phi) is 4.62. The molecule has 2 nitrogen and oxygen atoms in total. The largest absolute Gasteiger partial charge is 0.317 e. The molecule has 1 aliphatic rings. The average molecular weight is 170 g/mol. The van der Waals surface area contributed by atoms with Crippen LogP contribution in [-0.2, 0) is 0 Å². The second-order valence-electron chi connectivity index (χ2n) is 3.84. The molecule has 0 bridgehead atoms. The quantitative estimate of drug-likeness (QED) is 0.666. The zero-order valence-corrected chi connectivity index (χ0v) is 8.40. The number of nitrogens with one attached hydrogen (secondary N) is 2. The summed E-state index contributed by atoms with van der Waals surface area (Å²) < 4.78 is 0. The maximum absolute atomic E-state index is 3.59. The van der Waals surface area contributed by atoms with Crippen molar-refractivity contribution < 1.29 is 0 Å². The van der Waals surface area contributed by atoms with E-state index >= 15 is 0 Å². The minimum Gasteiger partial charge on any atom is -0.317 e. The first-order valence-electron chi connectivity index (χ1n) is 5.28. The van der Waals surface area contributed by atoms with Crippen LogP contribution in [-0.4, -0.2) is 25.7 Å². The van der Waals surface area contributed by atoms with Gasteiger partial charge in [-0.1, -0.05) is 20.3 Å². The molecule has 0 aromatic heterocycles. The molecule has 0 aromatic rings. The van der Waals surface area contributed by atoms with E-state index in [-0.39, 0.29) is 0 Å². The molecule has 0 saturated carbocycles. The highest BCUT2D eigenvalue weighted by Gasteiger charge is 2.18. The highest BCUT2D eigenvalue weighted by molar-refractivity contribution is 4.78. The van der Waals surface area contributed by atoms with Gasteiger partial charge in [0.15, 0.2) is 0 Å². The van der Waals surface area contributed by atoms with Crippen LogP contribution in [0.5, 0.6) is 0 Å². The van der Waals surface area contributed by atoms with E-state index in [0.29, 0.717) is 0 Å². The summed E-state index contributed by atoms with van der Waals surface area (Å²) in [4.78, 5) is 0. The van der Waals surface area contributed by atoms with Crippen molar-refractivity contribution >= 4 is 0 Å². The monoisotopic (exact) mass is 170 g/mol. The second-order valence-corrected chi connectivity index (χ2v) is 3.84. The predicted octanol–water partition coefficient (Wildman–Crippen LogP) is 1.37. The van der Waals surface area contributed by atoms with Gasteiger partial charge in [0, 0.05) is 6.04 Å². The lowest BCUT2D eigenvalue weighted by atomic mass is 9.93. The summed E-state index contributed by atoms with van der Waals surface area (Å²) in [6.45, 7) is 7.99. The fourth-order valence-corrected chi connectivity index (χ4v) is 1.88. The summed E-state index contributed by atoms with van der Waals surface area (Å²) in [5.74, 6) is 0.783. The molecule has 2 heteroatoms. The Hall–Kier alpha value is -0.0800. The Morgan fingerprint density at radius 2 is 2.33 bits per heavy atom. The lowest BCUT2D eigenvalue weighted by Gasteiger charge is -2.29. The van der Waals surface area contributed by atoms with Crippen LogP contribution in [0.3, 0.4) is 0 Å². The topological polar surface area (TPSA) is 24.1 Å². The molecule has 0 amide bonds. The minimum absolute atomic E-state index is 0.762. The van der Waals surface area contributed by atoms with E-state index in [4.69, 9.17) is 0 Å². The zero-order chi connectivity index (χ0) is 8.81. The Balaban J connectivity index is 2.15. The van der Waals surface area contributed by atoms with Crippen LogP contribution in [0.25, 0.3) is 0 Å². The molecule has 72 valence electrons. The number of rotatable bonds is 4. The molecule has 1 rings (SSSR count). The number of hydrogen-bond donors (Lipinski definition) is 2. The lowest BCUT2D eigenvalue weighted by molar-refractivity contribution is 0.303. The third-order valence-corrected chi connectivity index (χ3v) is 2.75. The molecule has 0 aliphatic carbocycles. The maximum atomic E-state index is 3.59. The normalized spacial score (nSPS) is 27.0. The lowest BCUT2D eigenvalue weighted by Crippen LogP contribution is -2.42. The number of hydrogen-bond acceptors (Lipinski definition) is 2. The molecular formula is C10H22N2. The average Bonchev–Trinajstić information content (AvgIpc) is 2.15. The van der Waals surface area contributed by atoms with E-state index in [0.717, 1.165) is 25.0 Å². The molecule has 1 saturated heterocycles. The predicted molar refractivity (Wildman–Crippen MR) is 53.3 cm³/mol. The highest BCUT2D eigenvalue weighted by Crippen LogP contribution is 2.14. The van der Waals surface area contributed by atoms with Crippen LogP contribution in [0.15, 0.2) is 0 Å². The maximum Gasteiger partial charge on any atom is 0.0105 e. The van der Waals surface area contributed by atoms with E-state index in [1.807, 2.05) is 0 Å². The fourth-order valence-electron chi connectivity index (χ4n) is 1.88. The fraction of sp³-hybridized carbons (Fsp3) is 1.00. The second kappa shape index (κ2) is 5.55. The van der Waals surface area contributed by atoms with Gasteiger partial charge in [-0.25, -0.2) is 0 Å². The standard InChI is InChI=1S/C10H22N2/c1-3-11-8-9(2)10-6-4-5-7-12-10/h9-12H,3-8H2,1-2H3/t9-,10-/m1/s1. The van der Waals surface area contributed by atoms with Crippen molar-refractivity contribution in [3.63, 3.8) is 0 Å². The number of piperidine rings is 1. The highest BCUT2D eigenvalue weighted by atomic mass is 14.9. The molecule has 2 atom stereocenters. The smallest absolute Gasteiger partial charge is 0.0105 e. The van der Waals surface area contributed by atoms with Crippen molar-refractivity contribution in [2.75, 3.05) is 19.6 Å². The van der Waals surface area contributed by atoms with Crippen molar-refractivity contribution in [2.24, 2.45) is 5.92 Å². The molecule has 0 unspecified atom stereocenters. The molecule has 1 aliphatic heterocycles. The molecule has 2 N–H and O–H groups in total. The molecule has 12 heavy (non-hydrogen) atoms. The third kappa shape index (κ3) is 3.11. The Labute approximate surface area is 76.1 Å². The van der Waals surface area contributed by atoms with Crippen molar-refractivity contribution in [3.8, 4) is 0 Å². The van der Waals surface area contributed by atoms with Gasteiger partial charge in [0.2, 0.25) is 0 Å². The summed E-state index contributed by atoms with van der Waals surface area (Å²) in [5.41, 5.74) is 0. The molecule has 0 aromatic carbocycles. The minimum atomic E-state index is 0.762. The van der Waals surface area contributed by atoms with Crippen molar-refractivity contribution in [1.29, 1.82) is 0 Å². The summed E-state index contributed by atoms with van der Waals surface area (Å²) in [7, 11) is 0. The van der Waals surface area contributed by atoms with Crippen molar-refractivity contribution in [3.05, 3.63) is 0 Å². The van der Waals surface area contributed by atoms with Gasteiger partial charge in [-0.05, 0) is 38.4 Å². The Morgan fingerprint density at radius 3 is 2.92 bits per heavy atom. The molecule has 1 heterocycles. The van der Waals surface area contributed by atoms with Crippen LogP contribution in [0.1, 0.15) is 33.1 Å². The summed E-state index contributed by atoms with van der Waals surface area (Å²) >= 11 is 0. The van der Waals surface area contributed by atoms with Gasteiger partial charge in [0.05, 0.1) is 0 Å². The third-order valence-electron chi connectivity index (χ3n) is 2.75. The van der Waals surface area contributed by atoms with E-state index < -0.39 is 0 Å². The van der Waals surface area contributed by atoms with Gasteiger partial charge in [0.25, 0.3) is 0 Å². The zero-order valence-electron chi connectivity index (χ0n) is 8.40. The van der Waals surface area contributed by atoms with Crippen LogP contribution < -0.4 is 10.6 Å². The molecular weight excluding hydrogens is 148 g/mol. The first-order chi connectivity index (χ1) is 5.84. The van der Waals surface area contributed by atoms with E-state index in [1.54, 1.807) is 0 Å². The van der Waals surface area contributed by atoms with Crippen LogP contribution >= 0.6 is 0 Å². The van der Waals surface area contributed by atoms with Crippen molar-refractivity contribution in [1.82, 2.24) is 10.6 Å². The Morgan fingerprint density at radius 1 is 1.50 bits per heavy atom. The molecule has 0 spiro atoms. The van der Waals surface area contributed by atoms with Crippen LogP contribution in [0, 0.1) is 5.92 Å². The van der Waals surface area contributed by atoms with Gasteiger partial charge in [-0.2, -0.15) is 0 Å². The Bertz CT molecular complexity index is 108. The van der Waals surface area contributed by atoms with Gasteiger partial charge >= 0.3 is 0 Å². The summed E-state index contributed by atoms with van der Waals surface area (Å²) in [5, 5.41) is 6.99. The van der Waals surface area contributed by atoms with Gasteiger partial charge < -0.3 is 10.6 Å². The SMILES string of the molecule is CCNC[C@@H](C)[C@H]1CCCCN1. The van der Waals surface area contributed by atoms with Gasteiger partial charge in [0.1, 0.15) is 0 Å². The summed E-state index contributed by atoms with van der Waals surface area (Å²) in [6, 6.07) is 0.762. The van der Waals surface area contributed by atoms with E-state index in [1.165, 1.54) is 25.8 Å². The summed E-state index contributed by atoms with van der Waals surface area (Å²) in [6.07, 6.45) is 4.14. The van der Waals surface area contributed by atoms with Gasteiger partial charge in [-0.15, -0.1) is 0 Å². The van der Waals surface area contributed by atoms with Crippen LogP contribution in [0.4, 0.5) is 0 Å². The van der Waals surface area contributed by atoms with Crippen LogP contribution in [0.2, 0.25) is 0 Å². The molecule has 1 fully saturated rings. The first-order valence-corrected chi connectivity index (χ1v) is 5.28. The van der Waals surface area contributed by atoms with Gasteiger partial charge in [-0.3, -0.25) is 0 Å². The van der Waals surface area contributed by atoms with Crippen molar-refractivity contribution in [2.45, 2.75) is 39.2 Å². The van der Waals surface area contributed by atoms with E-state index in [9.17, 15) is 0 Å². The first kappa shape index (κ1) is 10.0.